The molecule has 112 valence electrons. The van der Waals surface area contributed by atoms with Gasteiger partial charge < -0.3 is 5.11 Å². The third-order valence-electron chi connectivity index (χ3n) is 2.25. The number of aryl methyl sites for hydroxylation is 1. The lowest BCUT2D eigenvalue weighted by Crippen LogP contribution is -2.16. The number of halogens is 3. The van der Waals surface area contributed by atoms with Crippen LogP contribution in [-0.2, 0) is 16.4 Å². The summed E-state index contributed by atoms with van der Waals surface area (Å²) < 4.78 is 58.7. The van der Waals surface area contributed by atoms with Crippen molar-refractivity contribution in [2.24, 2.45) is 5.14 Å². The maximum atomic E-state index is 12.0. The van der Waals surface area contributed by atoms with Crippen molar-refractivity contribution in [2.75, 3.05) is 5.75 Å². The number of thioether (sulfide) groups is 1. The SMILES string of the molecule is NS(=O)(=O)c1ccc(C(=O)O)cc1CCSC(F)(F)F. The van der Waals surface area contributed by atoms with Gasteiger partial charge in [-0.05, 0) is 30.2 Å². The van der Waals surface area contributed by atoms with Crippen LogP contribution in [0, 0.1) is 0 Å². The zero-order valence-electron chi connectivity index (χ0n) is 9.85. The van der Waals surface area contributed by atoms with Crippen molar-refractivity contribution in [1.29, 1.82) is 0 Å². The molecule has 3 N–H and O–H groups in total. The van der Waals surface area contributed by atoms with E-state index in [1.807, 2.05) is 0 Å². The molecule has 0 saturated carbocycles. The molecule has 0 radical (unpaired) electrons. The molecule has 0 amide bonds. The summed E-state index contributed by atoms with van der Waals surface area (Å²) in [5.41, 5.74) is -4.71. The molecule has 10 heteroatoms. The normalized spacial score (nSPS) is 12.4. The molecule has 20 heavy (non-hydrogen) atoms. The Kier molecular flexibility index (Phi) is 5.05. The molecule has 1 aromatic carbocycles. The van der Waals surface area contributed by atoms with Crippen molar-refractivity contribution in [3.05, 3.63) is 29.3 Å². The minimum absolute atomic E-state index is 0.0517. The highest BCUT2D eigenvalue weighted by Gasteiger charge is 2.28. The monoisotopic (exact) mass is 329 g/mol. The van der Waals surface area contributed by atoms with E-state index in [0.29, 0.717) is 0 Å². The third-order valence-corrected chi connectivity index (χ3v) is 4.00. The minimum atomic E-state index is -4.44. The van der Waals surface area contributed by atoms with Gasteiger partial charge in [-0.15, -0.1) is 0 Å². The average Bonchev–Trinajstić information content (AvgIpc) is 2.25. The first-order valence-electron chi connectivity index (χ1n) is 5.10. The molecule has 0 atom stereocenters. The van der Waals surface area contributed by atoms with Gasteiger partial charge in [0, 0.05) is 5.75 Å². The predicted octanol–water partition coefficient (Wildman–Crippen LogP) is 1.83. The van der Waals surface area contributed by atoms with Gasteiger partial charge in [0.05, 0.1) is 10.5 Å². The van der Waals surface area contributed by atoms with Crippen LogP contribution in [0.15, 0.2) is 23.1 Å². The molecule has 0 spiro atoms. The van der Waals surface area contributed by atoms with Gasteiger partial charge in [0.2, 0.25) is 10.0 Å². The van der Waals surface area contributed by atoms with Crippen molar-refractivity contribution in [2.45, 2.75) is 16.8 Å². The standard InChI is InChI=1S/C10H10F3NO4S2/c11-10(12,13)19-4-3-6-5-7(9(15)16)1-2-8(6)20(14,17)18/h1-2,5H,3-4H2,(H,15,16)(H2,14,17,18). The summed E-state index contributed by atoms with van der Waals surface area (Å²) in [5.74, 6) is -1.74. The van der Waals surface area contributed by atoms with E-state index < -0.39 is 27.3 Å². The highest BCUT2D eigenvalue weighted by atomic mass is 32.2. The van der Waals surface area contributed by atoms with Crippen LogP contribution in [0.25, 0.3) is 0 Å². The van der Waals surface area contributed by atoms with Crippen molar-refractivity contribution >= 4 is 27.8 Å². The molecule has 0 heterocycles. The number of primary sulfonamides is 1. The largest absolute Gasteiger partial charge is 0.478 e. The number of hydrogen-bond donors (Lipinski definition) is 2. The van der Waals surface area contributed by atoms with Crippen molar-refractivity contribution in [3.8, 4) is 0 Å². The van der Waals surface area contributed by atoms with Crippen LogP contribution in [0.2, 0.25) is 0 Å². The lowest BCUT2D eigenvalue weighted by molar-refractivity contribution is -0.0327. The molecule has 0 bridgehead atoms. The lowest BCUT2D eigenvalue weighted by atomic mass is 10.1. The van der Waals surface area contributed by atoms with Gasteiger partial charge in [-0.25, -0.2) is 18.4 Å². The van der Waals surface area contributed by atoms with Gasteiger partial charge in [0.1, 0.15) is 0 Å². The number of benzene rings is 1. The van der Waals surface area contributed by atoms with E-state index in [4.69, 9.17) is 10.2 Å². The summed E-state index contributed by atoms with van der Waals surface area (Å²) in [4.78, 5) is 10.4. The summed E-state index contributed by atoms with van der Waals surface area (Å²) in [5, 5.41) is 13.7. The fourth-order valence-corrected chi connectivity index (χ4v) is 2.80. The van der Waals surface area contributed by atoms with Crippen molar-refractivity contribution < 1.29 is 31.5 Å². The maximum Gasteiger partial charge on any atom is 0.441 e. The predicted molar refractivity (Wildman–Crippen MR) is 67.0 cm³/mol. The molecule has 0 unspecified atom stereocenters. The van der Waals surface area contributed by atoms with Crippen molar-refractivity contribution in [3.63, 3.8) is 0 Å². The van der Waals surface area contributed by atoms with Gasteiger partial charge in [0.25, 0.3) is 0 Å². The van der Waals surface area contributed by atoms with Crippen LogP contribution in [0.4, 0.5) is 13.2 Å². The van der Waals surface area contributed by atoms with E-state index in [2.05, 4.69) is 0 Å². The molecule has 0 aliphatic rings. The topological polar surface area (TPSA) is 97.5 Å². The number of carbonyl (C=O) groups is 1. The first-order valence-corrected chi connectivity index (χ1v) is 7.63. The quantitative estimate of drug-likeness (QED) is 0.859. The van der Waals surface area contributed by atoms with Gasteiger partial charge >= 0.3 is 11.5 Å². The Bertz CT molecular complexity index is 613. The first kappa shape index (κ1) is 16.8. The Balaban J connectivity index is 3.07. The molecule has 1 rings (SSSR count). The van der Waals surface area contributed by atoms with E-state index in [1.54, 1.807) is 0 Å². The Morgan fingerprint density at radius 2 is 1.95 bits per heavy atom. The van der Waals surface area contributed by atoms with Crippen LogP contribution in [0.1, 0.15) is 15.9 Å². The van der Waals surface area contributed by atoms with Crippen LogP contribution in [0.5, 0.6) is 0 Å². The summed E-state index contributed by atoms with van der Waals surface area (Å²) in [6.07, 6.45) is -0.267. The molecule has 5 nitrogen and oxygen atoms in total. The molecule has 0 saturated heterocycles. The number of aromatic carboxylic acids is 1. The maximum absolute atomic E-state index is 12.0. The molecule has 0 aromatic heterocycles. The third kappa shape index (κ3) is 5.02. The van der Waals surface area contributed by atoms with Crippen LogP contribution in [0.3, 0.4) is 0 Å². The van der Waals surface area contributed by atoms with Crippen LogP contribution in [-0.4, -0.2) is 30.8 Å². The molecule has 0 fully saturated rings. The number of nitrogens with two attached hydrogens (primary N) is 1. The zero-order valence-corrected chi connectivity index (χ0v) is 11.5. The summed E-state index contributed by atoms with van der Waals surface area (Å²) in [6, 6.07) is 3.02. The smallest absolute Gasteiger partial charge is 0.441 e. The summed E-state index contributed by atoms with van der Waals surface area (Å²) in [7, 11) is -4.13. The second kappa shape index (κ2) is 6.02. The molecular weight excluding hydrogens is 319 g/mol. The Hall–Kier alpha value is -1.26. The Labute approximate surface area is 117 Å². The number of carboxylic acid groups (broad SMARTS) is 1. The number of hydrogen-bond acceptors (Lipinski definition) is 4. The number of rotatable bonds is 5. The zero-order chi connectivity index (χ0) is 15.6. The Morgan fingerprint density at radius 3 is 2.40 bits per heavy atom. The second-order valence-corrected chi connectivity index (χ2v) is 6.41. The fourth-order valence-electron chi connectivity index (χ4n) is 1.46. The highest BCUT2D eigenvalue weighted by Crippen LogP contribution is 2.31. The lowest BCUT2D eigenvalue weighted by Gasteiger charge is -2.10. The van der Waals surface area contributed by atoms with Crippen LogP contribution < -0.4 is 5.14 Å². The van der Waals surface area contributed by atoms with Gasteiger partial charge in [-0.1, -0.05) is 11.8 Å². The number of carboxylic acids is 1. The minimum Gasteiger partial charge on any atom is -0.478 e. The second-order valence-electron chi connectivity index (χ2n) is 3.72. The van der Waals surface area contributed by atoms with Gasteiger partial charge in [0.15, 0.2) is 0 Å². The molecule has 1 aromatic rings. The number of alkyl halides is 3. The van der Waals surface area contributed by atoms with E-state index >= 15 is 0 Å². The average molecular weight is 329 g/mol. The number of sulfonamides is 1. The van der Waals surface area contributed by atoms with Crippen molar-refractivity contribution in [1.82, 2.24) is 0 Å². The van der Waals surface area contributed by atoms with Gasteiger partial charge in [-0.2, -0.15) is 13.2 Å². The first-order chi connectivity index (χ1) is 9.00. The van der Waals surface area contributed by atoms with E-state index in [9.17, 15) is 26.4 Å². The van der Waals surface area contributed by atoms with Gasteiger partial charge in [-0.3, -0.25) is 0 Å². The molecule has 0 aliphatic carbocycles. The molecular formula is C10H10F3NO4S2. The summed E-state index contributed by atoms with van der Waals surface area (Å²) in [6.45, 7) is 0. The Morgan fingerprint density at radius 1 is 1.35 bits per heavy atom. The van der Waals surface area contributed by atoms with Crippen LogP contribution >= 0.6 is 11.8 Å². The van der Waals surface area contributed by atoms with E-state index in [1.165, 1.54) is 0 Å². The van der Waals surface area contributed by atoms with E-state index in [-0.39, 0.29) is 34.2 Å². The summed E-state index contributed by atoms with van der Waals surface area (Å²) >= 11 is -0.321. The fraction of sp³-hybridized carbons (Fsp3) is 0.300. The molecule has 0 aliphatic heterocycles. The highest BCUT2D eigenvalue weighted by molar-refractivity contribution is 8.00. The van der Waals surface area contributed by atoms with E-state index in [0.717, 1.165) is 18.2 Å².